The molecule has 3 nitrogen and oxygen atoms in total. The summed E-state index contributed by atoms with van der Waals surface area (Å²) in [6.07, 6.45) is 0.833. The number of carbonyl (C=O) groups excluding carboxylic acids is 1. The van der Waals surface area contributed by atoms with Crippen LogP contribution < -0.4 is 4.74 Å². The Morgan fingerprint density at radius 1 is 1.26 bits per heavy atom. The van der Waals surface area contributed by atoms with E-state index in [1.807, 2.05) is 43.3 Å². The average Bonchev–Trinajstić information content (AvgIpc) is 2.77. The fourth-order valence-corrected chi connectivity index (χ4v) is 2.97. The predicted octanol–water partition coefficient (Wildman–Crippen LogP) is 3.99. The second-order valence-electron chi connectivity index (χ2n) is 4.19. The van der Waals surface area contributed by atoms with Crippen LogP contribution >= 0.6 is 15.9 Å². The summed E-state index contributed by atoms with van der Waals surface area (Å²) in [7, 11) is 0. The molecule has 0 fully saturated rings. The van der Waals surface area contributed by atoms with Crippen LogP contribution in [0.2, 0.25) is 0 Å². The third-order valence-corrected chi connectivity index (χ3v) is 3.83. The van der Waals surface area contributed by atoms with Crippen LogP contribution in [0.4, 0.5) is 0 Å². The third-order valence-electron chi connectivity index (χ3n) is 3.17. The molecule has 0 aliphatic heterocycles. The Morgan fingerprint density at radius 3 is 2.79 bits per heavy atom. The van der Waals surface area contributed by atoms with E-state index in [1.54, 1.807) is 4.57 Å². The normalized spacial score (nSPS) is 11.1. The van der Waals surface area contributed by atoms with Crippen LogP contribution in [-0.4, -0.2) is 17.6 Å². The number of rotatable bonds is 3. The molecule has 1 aromatic heterocycles. The first-order valence-electron chi connectivity index (χ1n) is 6.07. The van der Waals surface area contributed by atoms with E-state index < -0.39 is 0 Å². The highest BCUT2D eigenvalue weighted by atomic mass is 79.9. The van der Waals surface area contributed by atoms with Crippen LogP contribution in [-0.2, 0) is 4.79 Å². The Labute approximate surface area is 118 Å². The van der Waals surface area contributed by atoms with E-state index in [1.165, 1.54) is 0 Å². The molecule has 19 heavy (non-hydrogen) atoms. The Kier molecular flexibility index (Phi) is 3.03. The molecule has 2 aromatic carbocycles. The lowest BCUT2D eigenvalue weighted by molar-refractivity contribution is 0.343. The molecule has 0 amide bonds. The van der Waals surface area contributed by atoms with Gasteiger partial charge in [0.15, 0.2) is 0 Å². The highest BCUT2D eigenvalue weighted by Crippen LogP contribution is 2.38. The molecule has 0 aliphatic rings. The van der Waals surface area contributed by atoms with Crippen molar-refractivity contribution < 1.29 is 9.53 Å². The molecule has 0 atom stereocenters. The molecule has 0 saturated heterocycles. The zero-order chi connectivity index (χ0) is 13.4. The zero-order valence-electron chi connectivity index (χ0n) is 10.4. The minimum atomic E-state index is 0.567. The largest absolute Gasteiger partial charge is 0.492 e. The van der Waals surface area contributed by atoms with Crippen molar-refractivity contribution in [1.82, 2.24) is 4.57 Å². The number of nitrogens with zero attached hydrogens (tertiary/aromatic N) is 1. The first-order chi connectivity index (χ1) is 9.27. The van der Waals surface area contributed by atoms with Crippen molar-refractivity contribution >= 4 is 44.1 Å². The molecule has 1 heterocycles. The van der Waals surface area contributed by atoms with Crippen molar-refractivity contribution in [3.8, 4) is 5.75 Å². The van der Waals surface area contributed by atoms with E-state index in [2.05, 4.69) is 15.9 Å². The molecular weight excluding hydrogens is 306 g/mol. The first kappa shape index (κ1) is 12.2. The maximum absolute atomic E-state index is 11.5. The third kappa shape index (κ3) is 1.75. The van der Waals surface area contributed by atoms with Crippen LogP contribution in [0.1, 0.15) is 6.92 Å². The maximum atomic E-state index is 11.5. The SMILES string of the molecule is CCOc1ccc(Br)c2c3ccccc3n(C=O)c12. The van der Waals surface area contributed by atoms with Crippen molar-refractivity contribution in [3.05, 3.63) is 40.9 Å². The number of halogens is 1. The van der Waals surface area contributed by atoms with Gasteiger partial charge in [-0.2, -0.15) is 0 Å². The summed E-state index contributed by atoms with van der Waals surface area (Å²) in [5.74, 6) is 0.726. The molecule has 0 spiro atoms. The molecule has 0 radical (unpaired) electrons. The average molecular weight is 318 g/mol. The molecule has 0 saturated carbocycles. The number of fused-ring (bicyclic) bond motifs is 3. The summed E-state index contributed by atoms with van der Waals surface area (Å²) in [6, 6.07) is 11.7. The van der Waals surface area contributed by atoms with Crippen LogP contribution in [0.15, 0.2) is 40.9 Å². The number of benzene rings is 2. The summed E-state index contributed by atoms with van der Waals surface area (Å²) in [5, 5.41) is 2.05. The van der Waals surface area contributed by atoms with E-state index in [0.717, 1.165) is 38.4 Å². The van der Waals surface area contributed by atoms with Gasteiger partial charge in [0.25, 0.3) is 0 Å². The topological polar surface area (TPSA) is 31.2 Å². The summed E-state index contributed by atoms with van der Waals surface area (Å²) in [4.78, 5) is 11.5. The van der Waals surface area contributed by atoms with Crippen molar-refractivity contribution in [2.45, 2.75) is 6.92 Å². The van der Waals surface area contributed by atoms with Crippen LogP contribution in [0.5, 0.6) is 5.75 Å². The predicted molar refractivity (Wildman–Crippen MR) is 80.5 cm³/mol. The quantitative estimate of drug-likeness (QED) is 0.684. The van der Waals surface area contributed by atoms with Crippen molar-refractivity contribution in [2.24, 2.45) is 0 Å². The van der Waals surface area contributed by atoms with E-state index in [9.17, 15) is 4.79 Å². The van der Waals surface area contributed by atoms with Crippen molar-refractivity contribution in [1.29, 1.82) is 0 Å². The fourth-order valence-electron chi connectivity index (χ4n) is 2.44. The Hall–Kier alpha value is -1.81. The summed E-state index contributed by atoms with van der Waals surface area (Å²) in [6.45, 7) is 2.50. The lowest BCUT2D eigenvalue weighted by Gasteiger charge is -2.07. The van der Waals surface area contributed by atoms with E-state index in [4.69, 9.17) is 4.74 Å². The standard InChI is InChI=1S/C15H12BrNO2/c1-2-19-13-8-7-11(16)14-10-5-3-4-6-12(10)17(9-18)15(13)14/h3-9H,2H2,1H3. The number of para-hydroxylation sites is 1. The molecule has 0 bridgehead atoms. The Bertz CT molecular complexity index is 777. The molecule has 4 heteroatoms. The van der Waals surface area contributed by atoms with Crippen molar-refractivity contribution in [3.63, 3.8) is 0 Å². The second-order valence-corrected chi connectivity index (χ2v) is 5.05. The summed E-state index contributed by atoms with van der Waals surface area (Å²) in [5.41, 5.74) is 1.70. The van der Waals surface area contributed by atoms with Gasteiger partial charge >= 0.3 is 0 Å². The summed E-state index contributed by atoms with van der Waals surface area (Å²) < 4.78 is 8.25. The number of hydrogen-bond donors (Lipinski definition) is 0. The Balaban J connectivity index is 2.57. The van der Waals surface area contributed by atoms with Gasteiger partial charge in [0.05, 0.1) is 17.6 Å². The molecule has 3 aromatic rings. The van der Waals surface area contributed by atoms with Gasteiger partial charge in [0.2, 0.25) is 6.41 Å². The first-order valence-corrected chi connectivity index (χ1v) is 6.86. The second kappa shape index (κ2) is 4.70. The van der Waals surface area contributed by atoms with Crippen LogP contribution in [0, 0.1) is 0 Å². The number of aromatic nitrogens is 1. The fraction of sp³-hybridized carbons (Fsp3) is 0.133. The molecule has 0 unspecified atom stereocenters. The molecule has 0 N–H and O–H groups in total. The number of carbonyl (C=O) groups is 1. The van der Waals surface area contributed by atoms with Gasteiger partial charge in [-0.3, -0.25) is 9.36 Å². The highest BCUT2D eigenvalue weighted by Gasteiger charge is 2.16. The monoisotopic (exact) mass is 317 g/mol. The van der Waals surface area contributed by atoms with Gasteiger partial charge < -0.3 is 4.74 Å². The van der Waals surface area contributed by atoms with Gasteiger partial charge in [-0.05, 0) is 25.1 Å². The van der Waals surface area contributed by atoms with E-state index >= 15 is 0 Å². The molecule has 96 valence electrons. The van der Waals surface area contributed by atoms with Crippen LogP contribution in [0.25, 0.3) is 21.8 Å². The van der Waals surface area contributed by atoms with Gasteiger partial charge in [0.1, 0.15) is 5.75 Å². The minimum Gasteiger partial charge on any atom is -0.492 e. The van der Waals surface area contributed by atoms with E-state index in [0.29, 0.717) is 6.61 Å². The molecule has 3 rings (SSSR count). The smallest absolute Gasteiger partial charge is 0.218 e. The van der Waals surface area contributed by atoms with Gasteiger partial charge in [-0.25, -0.2) is 0 Å². The van der Waals surface area contributed by atoms with Crippen molar-refractivity contribution in [2.75, 3.05) is 6.61 Å². The minimum absolute atomic E-state index is 0.567. The lowest BCUT2D eigenvalue weighted by atomic mass is 10.1. The van der Waals surface area contributed by atoms with E-state index in [-0.39, 0.29) is 0 Å². The lowest BCUT2D eigenvalue weighted by Crippen LogP contribution is -1.98. The molecule has 0 aliphatic carbocycles. The zero-order valence-corrected chi connectivity index (χ0v) is 12.0. The number of hydrogen-bond acceptors (Lipinski definition) is 2. The van der Waals surface area contributed by atoms with Gasteiger partial charge in [-0.1, -0.05) is 34.1 Å². The molecular formula is C15H12BrNO2. The Morgan fingerprint density at radius 2 is 2.05 bits per heavy atom. The van der Waals surface area contributed by atoms with Gasteiger partial charge in [-0.15, -0.1) is 0 Å². The summed E-state index contributed by atoms with van der Waals surface area (Å²) >= 11 is 3.56. The highest BCUT2D eigenvalue weighted by molar-refractivity contribution is 9.10. The van der Waals surface area contributed by atoms with Gasteiger partial charge in [0, 0.05) is 15.2 Å². The van der Waals surface area contributed by atoms with Crippen LogP contribution in [0.3, 0.4) is 0 Å². The number of ether oxygens (including phenoxy) is 1. The maximum Gasteiger partial charge on any atom is 0.218 e.